The molecule has 1 aromatic rings. The van der Waals surface area contributed by atoms with Crippen molar-refractivity contribution in [3.8, 4) is 0 Å². The molecule has 1 fully saturated rings. The lowest BCUT2D eigenvalue weighted by molar-refractivity contribution is -0.001000. The molecular weight excluding hydrogens is 259 g/mol. The van der Waals surface area contributed by atoms with E-state index in [-0.39, 0.29) is 24.8 Å². The predicted molar refractivity (Wildman–Crippen MR) is 60.3 cm³/mol. The second kappa shape index (κ2) is 7.69. The van der Waals surface area contributed by atoms with Crippen LogP contribution >= 0.6 is 0 Å². The Hall–Kier alpha value is -0.580. The van der Waals surface area contributed by atoms with Gasteiger partial charge < -0.3 is 30.5 Å². The molecule has 4 nitrogen and oxygen atoms in total. The summed E-state index contributed by atoms with van der Waals surface area (Å²) in [5, 5.41) is 0. The van der Waals surface area contributed by atoms with E-state index in [4.69, 9.17) is 5.73 Å². The van der Waals surface area contributed by atoms with Gasteiger partial charge in [0.25, 0.3) is 0 Å². The van der Waals surface area contributed by atoms with E-state index in [0.717, 1.165) is 17.9 Å². The van der Waals surface area contributed by atoms with Crippen molar-refractivity contribution in [2.45, 2.75) is 32.7 Å². The number of halogens is 2. The molecule has 0 amide bonds. The van der Waals surface area contributed by atoms with Crippen LogP contribution in [0.3, 0.4) is 0 Å². The number of aromatic nitrogens is 2. The number of likely N-dealkylation sites (tertiary alicyclic amines) is 1. The summed E-state index contributed by atoms with van der Waals surface area (Å²) in [5.74, 6) is 1.38. The van der Waals surface area contributed by atoms with Gasteiger partial charge in [-0.2, -0.15) is 0 Å². The van der Waals surface area contributed by atoms with Crippen molar-refractivity contribution < 1.29 is 24.8 Å². The molecule has 2 rings (SSSR count). The highest BCUT2D eigenvalue weighted by atomic mass is 35.5. The zero-order valence-electron chi connectivity index (χ0n) is 9.99. The maximum atomic E-state index is 5.86. The van der Waals surface area contributed by atoms with Gasteiger partial charge in [-0.1, -0.05) is 6.42 Å². The van der Waals surface area contributed by atoms with Crippen molar-refractivity contribution >= 4 is 5.82 Å². The summed E-state index contributed by atoms with van der Waals surface area (Å²) in [6, 6.07) is 0. The van der Waals surface area contributed by atoms with E-state index in [1.165, 1.54) is 32.4 Å². The minimum atomic E-state index is 0. The molecular formula is C11H18Cl2N4-2. The molecule has 2 N–H and O–H groups in total. The van der Waals surface area contributed by atoms with Crippen molar-refractivity contribution in [3.05, 3.63) is 17.6 Å². The standard InChI is InChI=1S/C11H18N4.2ClH/c1-9-13-7-10(11(12)14-9)8-15-5-3-2-4-6-15;;/h7H,2-6,8H2,1H3,(H2,12,13,14);2*1H/p-2. The number of hydrogen-bond donors (Lipinski definition) is 1. The van der Waals surface area contributed by atoms with Gasteiger partial charge in [0.2, 0.25) is 0 Å². The lowest BCUT2D eigenvalue weighted by Crippen LogP contribution is -3.00. The molecule has 0 bridgehead atoms. The molecule has 0 spiro atoms. The van der Waals surface area contributed by atoms with Crippen molar-refractivity contribution in [1.29, 1.82) is 0 Å². The lowest BCUT2D eigenvalue weighted by atomic mass is 10.1. The fraction of sp³-hybridized carbons (Fsp3) is 0.636. The zero-order valence-corrected chi connectivity index (χ0v) is 11.5. The highest BCUT2D eigenvalue weighted by Gasteiger charge is 2.12. The van der Waals surface area contributed by atoms with Crippen molar-refractivity contribution in [2.24, 2.45) is 0 Å². The Morgan fingerprint density at radius 3 is 2.47 bits per heavy atom. The van der Waals surface area contributed by atoms with Crippen LogP contribution in [-0.4, -0.2) is 28.0 Å². The summed E-state index contributed by atoms with van der Waals surface area (Å²) < 4.78 is 0. The van der Waals surface area contributed by atoms with Crippen LogP contribution in [0.1, 0.15) is 30.7 Å². The van der Waals surface area contributed by atoms with E-state index in [0.29, 0.717) is 5.82 Å². The number of rotatable bonds is 2. The number of anilines is 1. The number of nitrogens with two attached hydrogens (primary N) is 1. The van der Waals surface area contributed by atoms with Crippen LogP contribution in [-0.2, 0) is 6.54 Å². The number of hydrogen-bond acceptors (Lipinski definition) is 4. The topological polar surface area (TPSA) is 55.0 Å². The fourth-order valence-corrected chi connectivity index (χ4v) is 1.99. The first-order valence-electron chi connectivity index (χ1n) is 5.56. The normalized spacial score (nSPS) is 15.8. The minimum absolute atomic E-state index is 0. The molecule has 1 aromatic heterocycles. The number of nitrogen functional groups attached to an aromatic ring is 1. The van der Waals surface area contributed by atoms with Crippen LogP contribution in [0.4, 0.5) is 5.82 Å². The van der Waals surface area contributed by atoms with Crippen molar-refractivity contribution in [1.82, 2.24) is 14.9 Å². The average molecular weight is 277 g/mol. The molecule has 2 heterocycles. The summed E-state index contributed by atoms with van der Waals surface area (Å²) in [5.41, 5.74) is 6.92. The van der Waals surface area contributed by atoms with Crippen molar-refractivity contribution in [2.75, 3.05) is 18.8 Å². The molecule has 6 heteroatoms. The first-order chi connectivity index (χ1) is 7.25. The van der Waals surface area contributed by atoms with Gasteiger partial charge in [0.15, 0.2) is 0 Å². The van der Waals surface area contributed by atoms with E-state index in [9.17, 15) is 0 Å². The Morgan fingerprint density at radius 1 is 1.24 bits per heavy atom. The Balaban J connectivity index is 0.00000128. The summed E-state index contributed by atoms with van der Waals surface area (Å²) >= 11 is 0. The van der Waals surface area contributed by atoms with Crippen LogP contribution in [0.25, 0.3) is 0 Å². The van der Waals surface area contributed by atoms with Gasteiger partial charge in [-0.05, 0) is 32.9 Å². The molecule has 1 aliphatic rings. The molecule has 0 aliphatic carbocycles. The van der Waals surface area contributed by atoms with Crippen LogP contribution in [0.5, 0.6) is 0 Å². The van der Waals surface area contributed by atoms with Crippen LogP contribution in [0, 0.1) is 6.92 Å². The molecule has 0 radical (unpaired) electrons. The van der Waals surface area contributed by atoms with E-state index in [2.05, 4.69) is 14.9 Å². The molecule has 0 atom stereocenters. The minimum Gasteiger partial charge on any atom is -1.00 e. The van der Waals surface area contributed by atoms with Gasteiger partial charge in [-0.3, -0.25) is 4.90 Å². The highest BCUT2D eigenvalue weighted by molar-refractivity contribution is 5.37. The quantitative estimate of drug-likeness (QED) is 0.591. The van der Waals surface area contributed by atoms with E-state index in [1.807, 2.05) is 13.1 Å². The molecule has 17 heavy (non-hydrogen) atoms. The van der Waals surface area contributed by atoms with Gasteiger partial charge in [0, 0.05) is 18.3 Å². The highest BCUT2D eigenvalue weighted by Crippen LogP contribution is 2.15. The first-order valence-corrected chi connectivity index (χ1v) is 5.56. The Morgan fingerprint density at radius 2 is 1.88 bits per heavy atom. The maximum absolute atomic E-state index is 5.86. The molecule has 0 aromatic carbocycles. The Kier molecular flexibility index (Phi) is 7.43. The molecule has 1 aliphatic heterocycles. The largest absolute Gasteiger partial charge is 1.00 e. The fourth-order valence-electron chi connectivity index (χ4n) is 1.99. The second-order valence-corrected chi connectivity index (χ2v) is 4.16. The lowest BCUT2D eigenvalue weighted by Gasteiger charge is -2.26. The second-order valence-electron chi connectivity index (χ2n) is 4.16. The Bertz CT molecular complexity index is 340. The monoisotopic (exact) mass is 276 g/mol. The predicted octanol–water partition coefficient (Wildman–Crippen LogP) is -4.64. The summed E-state index contributed by atoms with van der Waals surface area (Å²) in [4.78, 5) is 10.8. The van der Waals surface area contributed by atoms with E-state index < -0.39 is 0 Å². The molecule has 0 saturated carbocycles. The van der Waals surface area contributed by atoms with Crippen LogP contribution in [0.2, 0.25) is 0 Å². The van der Waals surface area contributed by atoms with Crippen molar-refractivity contribution in [3.63, 3.8) is 0 Å². The SMILES string of the molecule is Cc1ncc(CN2CCCCC2)c(N)n1.[Cl-].[Cl-]. The van der Waals surface area contributed by atoms with Gasteiger partial charge in [-0.15, -0.1) is 0 Å². The van der Waals surface area contributed by atoms with Gasteiger partial charge in [0.05, 0.1) is 0 Å². The third kappa shape index (κ3) is 4.66. The van der Waals surface area contributed by atoms with E-state index in [1.54, 1.807) is 0 Å². The summed E-state index contributed by atoms with van der Waals surface area (Å²) in [6.45, 7) is 5.10. The van der Waals surface area contributed by atoms with Gasteiger partial charge >= 0.3 is 0 Å². The number of nitrogens with zero attached hydrogens (tertiary/aromatic N) is 3. The Labute approximate surface area is 115 Å². The smallest absolute Gasteiger partial charge is 0.131 e. The van der Waals surface area contributed by atoms with Crippen LogP contribution < -0.4 is 30.5 Å². The van der Waals surface area contributed by atoms with Gasteiger partial charge in [0.1, 0.15) is 11.6 Å². The average Bonchev–Trinajstić information content (AvgIpc) is 2.24. The number of aryl methyl sites for hydroxylation is 1. The summed E-state index contributed by atoms with van der Waals surface area (Å²) in [7, 11) is 0. The number of piperidine rings is 1. The maximum Gasteiger partial charge on any atom is 0.131 e. The van der Waals surface area contributed by atoms with E-state index >= 15 is 0 Å². The summed E-state index contributed by atoms with van der Waals surface area (Å²) in [6.07, 6.45) is 5.81. The zero-order chi connectivity index (χ0) is 10.7. The van der Waals surface area contributed by atoms with Gasteiger partial charge in [-0.25, -0.2) is 9.97 Å². The molecule has 1 saturated heterocycles. The third-order valence-electron chi connectivity index (χ3n) is 2.86. The molecule has 98 valence electrons. The third-order valence-corrected chi connectivity index (χ3v) is 2.86. The van der Waals surface area contributed by atoms with Crippen LogP contribution in [0.15, 0.2) is 6.20 Å². The first kappa shape index (κ1) is 16.4. The molecule has 0 unspecified atom stereocenters.